The van der Waals surface area contributed by atoms with E-state index in [9.17, 15) is 10.2 Å². The number of rotatable bonds is 12. The number of benzene rings is 2. The van der Waals surface area contributed by atoms with Crippen LogP contribution < -0.4 is 10.6 Å². The Morgan fingerprint density at radius 3 is 1.71 bits per heavy atom. The molecule has 0 unspecified atom stereocenters. The second-order valence-corrected chi connectivity index (χ2v) is 20.5. The molecule has 0 aliphatic heterocycles. The van der Waals surface area contributed by atoms with Gasteiger partial charge in [-0.25, -0.2) is 59.5 Å². The predicted molar refractivity (Wildman–Crippen MR) is 275 cm³/mol. The number of phenols is 2. The van der Waals surface area contributed by atoms with E-state index >= 15 is 0 Å². The van der Waals surface area contributed by atoms with Crippen molar-refractivity contribution in [2.75, 3.05) is 23.7 Å². The van der Waals surface area contributed by atoms with Crippen LogP contribution in [-0.4, -0.2) is 104 Å². The van der Waals surface area contributed by atoms with E-state index in [1.807, 2.05) is 53.0 Å². The van der Waals surface area contributed by atoms with Gasteiger partial charge in [-0.15, -0.1) is 62.2 Å². The van der Waals surface area contributed by atoms with E-state index in [4.69, 9.17) is 0 Å². The second kappa shape index (κ2) is 23.6. The third kappa shape index (κ3) is 12.7. The van der Waals surface area contributed by atoms with Gasteiger partial charge in [0.05, 0.1) is 21.9 Å². The number of aryl methyl sites for hydroxylation is 1. The molecule has 9 heterocycles. The number of nitrogens with one attached hydrogen (secondary N) is 2. The fourth-order valence-electron chi connectivity index (χ4n) is 6.80. The molecule has 25 heteroatoms. The number of tetrazole rings is 1. The second-order valence-electron chi connectivity index (χ2n) is 14.9. The summed E-state index contributed by atoms with van der Waals surface area (Å²) in [7, 11) is 1.78. The van der Waals surface area contributed by atoms with Crippen LogP contribution in [0.15, 0.2) is 117 Å². The number of thioether (sulfide) groups is 1. The normalized spacial score (nSPS) is 12.3. The molecule has 1 aliphatic rings. The summed E-state index contributed by atoms with van der Waals surface area (Å²) in [5, 5.41) is 42.6. The Balaban J connectivity index is 0.000000115. The zero-order valence-corrected chi connectivity index (χ0v) is 41.5. The Kier molecular flexibility index (Phi) is 16.2. The maximum atomic E-state index is 9.22. The third-order valence-electron chi connectivity index (χ3n) is 10.2. The zero-order chi connectivity index (χ0) is 47.2. The third-order valence-corrected chi connectivity index (χ3v) is 15.6. The van der Waals surface area contributed by atoms with E-state index in [2.05, 4.69) is 81.0 Å². The topological polar surface area (TPSA) is 250 Å². The van der Waals surface area contributed by atoms with Crippen LogP contribution in [0.1, 0.15) is 36.8 Å². The van der Waals surface area contributed by atoms with E-state index in [-0.39, 0.29) is 5.75 Å². The summed E-state index contributed by atoms with van der Waals surface area (Å²) in [5.41, 5.74) is 10.3. The van der Waals surface area contributed by atoms with Crippen molar-refractivity contribution in [2.45, 2.75) is 59.0 Å². The van der Waals surface area contributed by atoms with Crippen LogP contribution in [0.2, 0.25) is 0 Å². The number of anilines is 2. The minimum absolute atomic E-state index is 0.289. The molecule has 19 nitrogen and oxygen atoms in total. The standard InChI is InChI=1S/C14H13N3OS.C13H12N4OS.C10H11N3S2.C7H5N7S2/c18-11-3-1-10(2-4-11)5-7-15-13-12-6-8-19-14(12)17-9-16-13;18-10-3-1-9(2-4-10)5-6-14-12-11-13(16-7-15-12)19-8-17-11;1-2-4-7(3-1)15-10-8-9(11-5-12-10)14-6-13-8;1-14-7(11-12-13-14)16-6-4-5(8-2-9-6)15-3-10-4/h1-4,6,8-9,18H,5,7H2,(H,15,16,17);1-4,7-8,18H,5-6H2,(H,14,15,16);5-7H,1-4H2;2-3H,1H3. The minimum Gasteiger partial charge on any atom is -0.508 e. The van der Waals surface area contributed by atoms with E-state index in [0.717, 1.165) is 99.7 Å². The van der Waals surface area contributed by atoms with Gasteiger partial charge < -0.3 is 20.8 Å². The molecule has 12 rings (SSSR count). The lowest BCUT2D eigenvalue weighted by Gasteiger charge is -2.06. The van der Waals surface area contributed by atoms with Crippen molar-refractivity contribution in [3.8, 4) is 11.5 Å². The van der Waals surface area contributed by atoms with Gasteiger partial charge in [0.25, 0.3) is 0 Å². The number of thiophene rings is 1. The number of hydrogen-bond donors (Lipinski definition) is 4. The fourth-order valence-corrected chi connectivity index (χ4v) is 11.6. The van der Waals surface area contributed by atoms with Crippen LogP contribution >= 0.6 is 68.9 Å². The molecule has 11 aromatic rings. The van der Waals surface area contributed by atoms with Crippen molar-refractivity contribution >= 4 is 122 Å². The molecule has 4 N–H and O–H groups in total. The molecule has 2 aromatic carbocycles. The summed E-state index contributed by atoms with van der Waals surface area (Å²) in [6.07, 6.45) is 13.4. The Morgan fingerprint density at radius 1 is 0.580 bits per heavy atom. The van der Waals surface area contributed by atoms with Gasteiger partial charge in [0.2, 0.25) is 5.16 Å². The maximum absolute atomic E-state index is 9.22. The van der Waals surface area contributed by atoms with Crippen LogP contribution in [0.3, 0.4) is 0 Å². The van der Waals surface area contributed by atoms with Crippen LogP contribution in [0, 0.1) is 0 Å². The van der Waals surface area contributed by atoms with Crippen LogP contribution in [0.5, 0.6) is 11.5 Å². The van der Waals surface area contributed by atoms with Crippen molar-refractivity contribution < 1.29 is 10.2 Å². The molecule has 0 amide bonds. The first-order chi connectivity index (χ1) is 33.9. The molecule has 350 valence electrons. The summed E-state index contributed by atoms with van der Waals surface area (Å²) in [4.78, 5) is 50.3. The number of hydrogen-bond acceptors (Lipinski definition) is 24. The number of aromatic hydroxyl groups is 2. The molecule has 0 radical (unpaired) electrons. The predicted octanol–water partition coefficient (Wildman–Crippen LogP) is 9.38. The first kappa shape index (κ1) is 47.4. The van der Waals surface area contributed by atoms with Gasteiger partial charge in [0, 0.05) is 25.4 Å². The van der Waals surface area contributed by atoms with Gasteiger partial charge in [0.1, 0.15) is 88.5 Å². The van der Waals surface area contributed by atoms with E-state index in [1.165, 1.54) is 72.0 Å². The molecular weight excluding hydrogens is 991 g/mol. The van der Waals surface area contributed by atoms with Crippen molar-refractivity contribution in [2.24, 2.45) is 7.05 Å². The van der Waals surface area contributed by atoms with E-state index < -0.39 is 0 Å². The monoisotopic (exact) mass is 1030 g/mol. The molecule has 1 saturated carbocycles. The van der Waals surface area contributed by atoms with Crippen molar-refractivity contribution in [3.05, 3.63) is 113 Å². The molecular formula is C44H41N17O2S6. The molecule has 0 spiro atoms. The van der Waals surface area contributed by atoms with Crippen molar-refractivity contribution in [1.29, 1.82) is 0 Å². The molecule has 69 heavy (non-hydrogen) atoms. The summed E-state index contributed by atoms with van der Waals surface area (Å²) >= 11 is 9.44. The van der Waals surface area contributed by atoms with Gasteiger partial charge in [0.15, 0.2) is 5.82 Å². The van der Waals surface area contributed by atoms with E-state index in [1.54, 1.807) is 88.7 Å². The summed E-state index contributed by atoms with van der Waals surface area (Å²) in [5.74, 6) is 2.24. The Labute approximate surface area is 418 Å². The van der Waals surface area contributed by atoms with Crippen LogP contribution in [0.4, 0.5) is 11.6 Å². The molecule has 1 fully saturated rings. The largest absolute Gasteiger partial charge is 0.508 e. The van der Waals surface area contributed by atoms with Gasteiger partial charge in [-0.1, -0.05) is 37.1 Å². The minimum atomic E-state index is 0.289. The van der Waals surface area contributed by atoms with Crippen molar-refractivity contribution in [3.63, 3.8) is 0 Å². The first-order valence-corrected chi connectivity index (χ1v) is 26.6. The van der Waals surface area contributed by atoms with Gasteiger partial charge >= 0.3 is 0 Å². The van der Waals surface area contributed by atoms with Crippen molar-refractivity contribution in [1.82, 2.24) is 75.0 Å². The highest BCUT2D eigenvalue weighted by Gasteiger charge is 2.19. The Morgan fingerprint density at radius 2 is 1.10 bits per heavy atom. The average Bonchev–Trinajstić information content (AvgIpc) is 4.24. The highest BCUT2D eigenvalue weighted by Crippen LogP contribution is 2.36. The molecule has 1 aliphatic carbocycles. The lowest BCUT2D eigenvalue weighted by Crippen LogP contribution is -2.06. The quantitative estimate of drug-likeness (QED) is 0.0832. The van der Waals surface area contributed by atoms with Crippen LogP contribution in [0.25, 0.3) is 41.3 Å². The average molecular weight is 1030 g/mol. The summed E-state index contributed by atoms with van der Waals surface area (Å²) in [6, 6.07) is 16.5. The summed E-state index contributed by atoms with van der Waals surface area (Å²) in [6.45, 7) is 1.56. The number of thiazole rings is 3. The molecule has 0 saturated heterocycles. The molecule has 0 bridgehead atoms. The number of nitrogens with zero attached hydrogens (tertiary/aromatic N) is 15. The van der Waals surface area contributed by atoms with Gasteiger partial charge in [-0.2, -0.15) is 0 Å². The Bertz CT molecular complexity index is 3220. The lowest BCUT2D eigenvalue weighted by molar-refractivity contribution is 0.474. The van der Waals surface area contributed by atoms with E-state index in [0.29, 0.717) is 10.9 Å². The summed E-state index contributed by atoms with van der Waals surface area (Å²) < 4.78 is 1.59. The van der Waals surface area contributed by atoms with Crippen LogP contribution in [-0.2, 0) is 19.9 Å². The number of phenolic OH excluding ortho intramolecular Hbond substituents is 2. The fraction of sp³-hybridized carbons (Fsp3) is 0.227. The maximum Gasteiger partial charge on any atom is 0.215 e. The SMILES string of the molecule is Cn1nnnc1Sc1ncnc2scnc12.Oc1ccc(CCNc2ncnc3sccc23)cc1.Oc1ccc(CCNc2ncnc3scnc23)cc1.c1nc(SC2CCCC2)c2ncsc2n1. The highest BCUT2D eigenvalue weighted by atomic mass is 32.2. The lowest BCUT2D eigenvalue weighted by atomic mass is 10.1. The first-order valence-electron chi connectivity index (χ1n) is 21.3. The molecule has 0 atom stereocenters. The smallest absolute Gasteiger partial charge is 0.215 e. The van der Waals surface area contributed by atoms with Gasteiger partial charge in [-0.3, -0.25) is 0 Å². The Hall–Kier alpha value is -6.64. The molecule has 9 aromatic heterocycles. The number of aromatic nitrogens is 15. The number of fused-ring (bicyclic) bond motifs is 4. The zero-order valence-electron chi connectivity index (χ0n) is 36.6. The highest BCUT2D eigenvalue weighted by molar-refractivity contribution is 8.00. The van der Waals surface area contributed by atoms with Gasteiger partial charge in [-0.05, 0) is 94.7 Å².